The molecular weight excluding hydrogens is 224 g/mol. The molecule has 0 amide bonds. The smallest absolute Gasteiger partial charge is 0.0773 e. The molecule has 1 aromatic carbocycles. The quantitative estimate of drug-likeness (QED) is 0.881. The fraction of sp³-hybridized carbons (Fsp3) is 0.400. The van der Waals surface area contributed by atoms with Crippen molar-refractivity contribution in [3.8, 4) is 0 Å². The van der Waals surface area contributed by atoms with Crippen LogP contribution in [-0.4, -0.2) is 17.2 Å². The molecule has 0 spiro atoms. The standard InChI is InChI=1S/C15H18N2O/c1-10-6-7-14(18-10)15(16)13-9-17-8-11-4-2-3-5-12(11)13/h2-5,8-10,14-15H,6-7,16H2,1H3. The zero-order chi connectivity index (χ0) is 12.5. The number of benzene rings is 1. The second-order valence-corrected chi connectivity index (χ2v) is 5.04. The Kier molecular flexibility index (Phi) is 3.02. The molecule has 94 valence electrons. The number of hydrogen-bond acceptors (Lipinski definition) is 3. The number of fused-ring (bicyclic) bond motifs is 1. The van der Waals surface area contributed by atoms with E-state index in [4.69, 9.17) is 10.5 Å². The van der Waals surface area contributed by atoms with Crippen LogP contribution in [0.4, 0.5) is 0 Å². The minimum atomic E-state index is -0.0893. The molecule has 1 fully saturated rings. The predicted molar refractivity (Wildman–Crippen MR) is 72.2 cm³/mol. The van der Waals surface area contributed by atoms with E-state index in [0.717, 1.165) is 23.8 Å². The van der Waals surface area contributed by atoms with Crippen molar-refractivity contribution in [3.05, 3.63) is 42.2 Å². The first-order chi connectivity index (χ1) is 8.75. The second-order valence-electron chi connectivity index (χ2n) is 5.04. The number of aromatic nitrogens is 1. The van der Waals surface area contributed by atoms with E-state index >= 15 is 0 Å². The van der Waals surface area contributed by atoms with Gasteiger partial charge < -0.3 is 10.5 Å². The molecule has 0 bridgehead atoms. The Morgan fingerprint density at radius 1 is 1.28 bits per heavy atom. The third kappa shape index (κ3) is 2.00. The van der Waals surface area contributed by atoms with E-state index < -0.39 is 0 Å². The third-order valence-electron chi connectivity index (χ3n) is 3.72. The molecule has 2 N–H and O–H groups in total. The number of pyridine rings is 1. The average molecular weight is 242 g/mol. The molecule has 1 aliphatic heterocycles. The van der Waals surface area contributed by atoms with Crippen LogP contribution < -0.4 is 5.73 Å². The van der Waals surface area contributed by atoms with Gasteiger partial charge in [0.05, 0.1) is 18.2 Å². The maximum Gasteiger partial charge on any atom is 0.0773 e. The van der Waals surface area contributed by atoms with Crippen molar-refractivity contribution in [1.82, 2.24) is 4.98 Å². The van der Waals surface area contributed by atoms with Gasteiger partial charge in [0.1, 0.15) is 0 Å². The molecule has 3 rings (SSSR count). The van der Waals surface area contributed by atoms with Crippen LogP contribution in [0, 0.1) is 0 Å². The summed E-state index contributed by atoms with van der Waals surface area (Å²) in [5, 5.41) is 2.32. The van der Waals surface area contributed by atoms with E-state index in [2.05, 4.69) is 24.0 Å². The minimum Gasteiger partial charge on any atom is -0.373 e. The van der Waals surface area contributed by atoms with E-state index in [-0.39, 0.29) is 12.1 Å². The number of ether oxygens (including phenoxy) is 1. The van der Waals surface area contributed by atoms with Crippen LogP contribution in [0.25, 0.3) is 10.8 Å². The summed E-state index contributed by atoms with van der Waals surface area (Å²) in [6, 6.07) is 8.14. The molecule has 2 aromatic rings. The van der Waals surface area contributed by atoms with Gasteiger partial charge in [-0.2, -0.15) is 0 Å². The van der Waals surface area contributed by atoms with Gasteiger partial charge in [0.2, 0.25) is 0 Å². The van der Waals surface area contributed by atoms with Crippen molar-refractivity contribution in [2.45, 2.75) is 38.0 Å². The van der Waals surface area contributed by atoms with Crippen LogP contribution in [0.15, 0.2) is 36.7 Å². The van der Waals surface area contributed by atoms with E-state index in [1.54, 1.807) is 0 Å². The molecule has 1 aliphatic rings. The fourth-order valence-corrected chi connectivity index (χ4v) is 2.70. The summed E-state index contributed by atoms with van der Waals surface area (Å²) in [7, 11) is 0. The molecule has 2 heterocycles. The molecule has 3 heteroatoms. The maximum absolute atomic E-state index is 6.36. The fourth-order valence-electron chi connectivity index (χ4n) is 2.70. The highest BCUT2D eigenvalue weighted by molar-refractivity contribution is 5.85. The van der Waals surface area contributed by atoms with Crippen LogP contribution in [0.5, 0.6) is 0 Å². The Morgan fingerprint density at radius 2 is 2.11 bits per heavy atom. The first-order valence-electron chi connectivity index (χ1n) is 6.49. The van der Waals surface area contributed by atoms with Gasteiger partial charge in [0.25, 0.3) is 0 Å². The Hall–Kier alpha value is -1.45. The van der Waals surface area contributed by atoms with Crippen LogP contribution in [0.1, 0.15) is 31.4 Å². The summed E-state index contributed by atoms with van der Waals surface area (Å²) in [6.07, 6.45) is 6.32. The number of nitrogens with zero attached hydrogens (tertiary/aromatic N) is 1. The Morgan fingerprint density at radius 3 is 2.89 bits per heavy atom. The maximum atomic E-state index is 6.36. The lowest BCUT2D eigenvalue weighted by Crippen LogP contribution is -2.26. The number of nitrogens with two attached hydrogens (primary N) is 1. The third-order valence-corrected chi connectivity index (χ3v) is 3.72. The molecule has 0 aliphatic carbocycles. The van der Waals surface area contributed by atoms with Gasteiger partial charge >= 0.3 is 0 Å². The van der Waals surface area contributed by atoms with Crippen LogP contribution in [-0.2, 0) is 4.74 Å². The summed E-state index contributed by atoms with van der Waals surface area (Å²) in [5.74, 6) is 0. The molecule has 0 saturated carbocycles. The van der Waals surface area contributed by atoms with Crippen molar-refractivity contribution in [2.24, 2.45) is 5.73 Å². The first kappa shape index (κ1) is 11.6. The van der Waals surface area contributed by atoms with E-state index in [1.165, 1.54) is 5.39 Å². The number of hydrogen-bond donors (Lipinski definition) is 1. The van der Waals surface area contributed by atoms with Gasteiger partial charge in [0, 0.05) is 17.8 Å². The van der Waals surface area contributed by atoms with Crippen molar-refractivity contribution >= 4 is 10.8 Å². The van der Waals surface area contributed by atoms with Crippen LogP contribution in [0.3, 0.4) is 0 Å². The van der Waals surface area contributed by atoms with E-state index in [9.17, 15) is 0 Å². The normalized spacial score (nSPS) is 25.4. The van der Waals surface area contributed by atoms with E-state index in [1.807, 2.05) is 24.5 Å². The van der Waals surface area contributed by atoms with Crippen molar-refractivity contribution in [1.29, 1.82) is 0 Å². The molecule has 3 nitrogen and oxygen atoms in total. The van der Waals surface area contributed by atoms with Crippen molar-refractivity contribution < 1.29 is 4.74 Å². The van der Waals surface area contributed by atoms with Gasteiger partial charge in [-0.05, 0) is 30.7 Å². The highest BCUT2D eigenvalue weighted by Gasteiger charge is 2.29. The first-order valence-corrected chi connectivity index (χ1v) is 6.49. The summed E-state index contributed by atoms with van der Waals surface area (Å²) in [6.45, 7) is 2.11. The van der Waals surface area contributed by atoms with Gasteiger partial charge in [-0.15, -0.1) is 0 Å². The summed E-state index contributed by atoms with van der Waals surface area (Å²) >= 11 is 0. The lowest BCUT2D eigenvalue weighted by atomic mass is 9.97. The molecule has 18 heavy (non-hydrogen) atoms. The molecule has 0 radical (unpaired) electrons. The molecular formula is C15H18N2O. The predicted octanol–water partition coefficient (Wildman–Crippen LogP) is 2.80. The Bertz CT molecular complexity index is 550. The zero-order valence-electron chi connectivity index (χ0n) is 10.5. The van der Waals surface area contributed by atoms with Gasteiger partial charge in [-0.1, -0.05) is 24.3 Å². The Labute approximate surface area is 107 Å². The molecule has 1 aromatic heterocycles. The SMILES string of the molecule is CC1CCC(C(N)c2cncc3ccccc23)O1. The zero-order valence-corrected chi connectivity index (χ0v) is 10.5. The largest absolute Gasteiger partial charge is 0.373 e. The van der Waals surface area contributed by atoms with Crippen molar-refractivity contribution in [3.63, 3.8) is 0 Å². The van der Waals surface area contributed by atoms with E-state index in [0.29, 0.717) is 6.10 Å². The minimum absolute atomic E-state index is 0.0893. The Balaban J connectivity index is 1.98. The van der Waals surface area contributed by atoms with Crippen molar-refractivity contribution in [2.75, 3.05) is 0 Å². The summed E-state index contributed by atoms with van der Waals surface area (Å²) < 4.78 is 5.87. The van der Waals surface area contributed by atoms with Gasteiger partial charge in [-0.25, -0.2) is 0 Å². The van der Waals surface area contributed by atoms with Gasteiger partial charge in [-0.3, -0.25) is 4.98 Å². The monoisotopic (exact) mass is 242 g/mol. The van der Waals surface area contributed by atoms with Gasteiger partial charge in [0.15, 0.2) is 0 Å². The summed E-state index contributed by atoms with van der Waals surface area (Å²) in [5.41, 5.74) is 7.45. The topological polar surface area (TPSA) is 48.1 Å². The molecule has 1 saturated heterocycles. The van der Waals surface area contributed by atoms with Crippen LogP contribution in [0.2, 0.25) is 0 Å². The average Bonchev–Trinajstić information content (AvgIpc) is 2.84. The number of rotatable bonds is 2. The highest BCUT2D eigenvalue weighted by atomic mass is 16.5. The lowest BCUT2D eigenvalue weighted by molar-refractivity contribution is 0.0403. The molecule has 3 atom stereocenters. The lowest BCUT2D eigenvalue weighted by Gasteiger charge is -2.21. The summed E-state index contributed by atoms with van der Waals surface area (Å²) in [4.78, 5) is 4.29. The van der Waals surface area contributed by atoms with Crippen LogP contribution >= 0.6 is 0 Å². The second kappa shape index (κ2) is 4.67. The molecule has 3 unspecified atom stereocenters. The highest BCUT2D eigenvalue weighted by Crippen LogP contribution is 2.31.